The van der Waals surface area contributed by atoms with E-state index in [1.165, 1.54) is 12.1 Å². The minimum Gasteiger partial charge on any atom is -0.481 e. The van der Waals surface area contributed by atoms with Gasteiger partial charge < -0.3 is 9.67 Å². The second-order valence-corrected chi connectivity index (χ2v) is 10.4. The Morgan fingerprint density at radius 2 is 1.51 bits per heavy atom. The van der Waals surface area contributed by atoms with E-state index in [9.17, 15) is 22.8 Å². The predicted octanol–water partition coefficient (Wildman–Crippen LogP) is 8.79. The minimum absolute atomic E-state index is 0.0254. The highest BCUT2D eigenvalue weighted by Gasteiger charge is 2.30. The molecule has 7 heteroatoms. The van der Waals surface area contributed by atoms with Crippen molar-refractivity contribution in [3.05, 3.63) is 95.7 Å². The van der Waals surface area contributed by atoms with Crippen molar-refractivity contribution < 1.29 is 27.9 Å². The number of carboxylic acids is 1. The van der Waals surface area contributed by atoms with Crippen LogP contribution in [0.15, 0.2) is 79.0 Å². The zero-order valence-corrected chi connectivity index (χ0v) is 22.0. The number of carbonyl (C=O) groups is 2. The fourth-order valence-electron chi connectivity index (χ4n) is 4.86. The quantitative estimate of drug-likeness (QED) is 0.195. The van der Waals surface area contributed by atoms with Gasteiger partial charge in [0.05, 0.1) is 11.6 Å². The number of ketones is 1. The minimum atomic E-state index is -4.36. The molecule has 1 N–H and O–H groups in total. The molecule has 1 unspecified atom stereocenters. The molecule has 3 aromatic carbocycles. The van der Waals surface area contributed by atoms with Crippen LogP contribution in [0.25, 0.3) is 22.0 Å². The first-order chi connectivity index (χ1) is 18.5. The Bertz CT molecular complexity index is 1430. The summed E-state index contributed by atoms with van der Waals surface area (Å²) in [5.74, 6) is -0.462. The molecule has 0 aliphatic carbocycles. The van der Waals surface area contributed by atoms with Crippen LogP contribution in [0.4, 0.5) is 13.2 Å². The third kappa shape index (κ3) is 6.96. The zero-order chi connectivity index (χ0) is 28.2. The van der Waals surface area contributed by atoms with Gasteiger partial charge in [-0.2, -0.15) is 13.2 Å². The molecule has 0 amide bonds. The first-order valence-electron chi connectivity index (χ1n) is 13.2. The Labute approximate surface area is 226 Å². The number of fused-ring (bicyclic) bond motifs is 1. The van der Waals surface area contributed by atoms with Gasteiger partial charge in [0.15, 0.2) is 5.78 Å². The average Bonchev–Trinajstić information content (AvgIpc) is 3.31. The van der Waals surface area contributed by atoms with Crippen LogP contribution in [0, 0.1) is 5.92 Å². The van der Waals surface area contributed by atoms with E-state index < -0.39 is 17.7 Å². The van der Waals surface area contributed by atoms with Crippen molar-refractivity contribution in [1.29, 1.82) is 0 Å². The van der Waals surface area contributed by atoms with Crippen molar-refractivity contribution in [1.82, 2.24) is 4.57 Å². The summed E-state index contributed by atoms with van der Waals surface area (Å²) < 4.78 is 41.1. The lowest BCUT2D eigenvalue weighted by molar-refractivity contribution is -0.138. The topological polar surface area (TPSA) is 59.3 Å². The summed E-state index contributed by atoms with van der Waals surface area (Å²) in [5.41, 5.74) is 3.57. The van der Waals surface area contributed by atoms with Crippen molar-refractivity contribution in [2.75, 3.05) is 0 Å². The normalized spacial score (nSPS) is 12.7. The number of benzene rings is 3. The van der Waals surface area contributed by atoms with E-state index >= 15 is 0 Å². The van der Waals surface area contributed by atoms with E-state index in [-0.39, 0.29) is 24.7 Å². The molecule has 204 valence electrons. The molecule has 0 aliphatic rings. The Morgan fingerprint density at radius 3 is 2.13 bits per heavy atom. The molecule has 1 heterocycles. The van der Waals surface area contributed by atoms with Crippen LogP contribution >= 0.6 is 0 Å². The molecular weight excluding hydrogens is 503 g/mol. The highest BCUT2D eigenvalue weighted by molar-refractivity contribution is 5.96. The highest BCUT2D eigenvalue weighted by Crippen LogP contribution is 2.34. The van der Waals surface area contributed by atoms with E-state index in [2.05, 4.69) is 18.4 Å². The van der Waals surface area contributed by atoms with Gasteiger partial charge in [-0.1, -0.05) is 56.3 Å². The van der Waals surface area contributed by atoms with Gasteiger partial charge in [0.1, 0.15) is 0 Å². The third-order valence-electron chi connectivity index (χ3n) is 7.03. The van der Waals surface area contributed by atoms with Crippen LogP contribution < -0.4 is 0 Å². The zero-order valence-electron chi connectivity index (χ0n) is 22.0. The maximum Gasteiger partial charge on any atom is 0.416 e. The SMILES string of the molecule is CC(C)CCC(c1ccc(C(=O)CCCC(=O)O)cc1)n1ccc2cc(-c3ccc(C(F)(F)F)cc3)ccc21. The van der Waals surface area contributed by atoms with Gasteiger partial charge in [0, 0.05) is 35.5 Å². The number of halogens is 3. The first kappa shape index (κ1) is 28.1. The largest absolute Gasteiger partial charge is 0.481 e. The Balaban J connectivity index is 1.60. The van der Waals surface area contributed by atoms with E-state index in [4.69, 9.17) is 5.11 Å². The van der Waals surface area contributed by atoms with Crippen molar-refractivity contribution in [3.63, 3.8) is 0 Å². The summed E-state index contributed by atoms with van der Waals surface area (Å²) in [7, 11) is 0. The lowest BCUT2D eigenvalue weighted by atomic mass is 9.95. The molecule has 0 aliphatic heterocycles. The molecule has 39 heavy (non-hydrogen) atoms. The van der Waals surface area contributed by atoms with Gasteiger partial charge in [-0.25, -0.2) is 0 Å². The van der Waals surface area contributed by atoms with Gasteiger partial charge in [0.2, 0.25) is 0 Å². The molecule has 0 bridgehead atoms. The van der Waals surface area contributed by atoms with Crippen LogP contribution in [-0.2, 0) is 11.0 Å². The number of alkyl halides is 3. The molecule has 4 rings (SSSR count). The molecule has 0 radical (unpaired) electrons. The number of Topliss-reactive ketones (excluding diaryl/α,β-unsaturated/α-hetero) is 1. The molecular formula is C32H32F3NO3. The van der Waals surface area contributed by atoms with Gasteiger partial charge in [-0.05, 0) is 72.2 Å². The molecule has 1 aromatic heterocycles. The first-order valence-corrected chi connectivity index (χ1v) is 13.2. The maximum absolute atomic E-state index is 13.0. The molecule has 1 atom stereocenters. The van der Waals surface area contributed by atoms with Gasteiger partial charge in [-0.15, -0.1) is 0 Å². The fourth-order valence-corrected chi connectivity index (χ4v) is 4.86. The van der Waals surface area contributed by atoms with Crippen LogP contribution in [0.3, 0.4) is 0 Å². The number of carboxylic acid groups (broad SMARTS) is 1. The lowest BCUT2D eigenvalue weighted by Crippen LogP contribution is -2.11. The standard InChI is InChI=1S/C32H32F3NO3/c1-21(2)6-16-28(23-7-9-24(10-8-23)30(37)4-3-5-31(38)39)36-19-18-26-20-25(13-17-29(26)36)22-11-14-27(15-12-22)32(33,34)35/h7-15,17-21,28H,3-6,16H2,1-2H3,(H,38,39). The number of aromatic nitrogens is 1. The van der Waals surface area contributed by atoms with Crippen molar-refractivity contribution >= 4 is 22.7 Å². The summed E-state index contributed by atoms with van der Waals surface area (Å²) in [5, 5.41) is 9.80. The summed E-state index contributed by atoms with van der Waals surface area (Å²) in [6.07, 6.45) is 0.0661. The van der Waals surface area contributed by atoms with Crippen LogP contribution in [-0.4, -0.2) is 21.4 Å². The summed E-state index contributed by atoms with van der Waals surface area (Å²) >= 11 is 0. The van der Waals surface area contributed by atoms with Gasteiger partial charge >= 0.3 is 12.1 Å². The predicted molar refractivity (Wildman–Crippen MR) is 147 cm³/mol. The number of carbonyl (C=O) groups excluding carboxylic acids is 1. The maximum atomic E-state index is 13.0. The molecule has 0 spiro atoms. The summed E-state index contributed by atoms with van der Waals surface area (Å²) in [4.78, 5) is 23.2. The van der Waals surface area contributed by atoms with E-state index in [0.717, 1.165) is 52.6 Å². The average molecular weight is 536 g/mol. The number of rotatable bonds is 11. The van der Waals surface area contributed by atoms with Crippen LogP contribution in [0.5, 0.6) is 0 Å². The van der Waals surface area contributed by atoms with Crippen LogP contribution in [0.2, 0.25) is 0 Å². The van der Waals surface area contributed by atoms with E-state index in [1.54, 1.807) is 0 Å². The molecule has 0 saturated carbocycles. The highest BCUT2D eigenvalue weighted by atomic mass is 19.4. The molecule has 4 nitrogen and oxygen atoms in total. The number of hydrogen-bond donors (Lipinski definition) is 1. The molecule has 0 fully saturated rings. The Kier molecular flexibility index (Phi) is 8.58. The molecule has 4 aromatic rings. The van der Waals surface area contributed by atoms with Gasteiger partial charge in [-0.3, -0.25) is 9.59 Å². The van der Waals surface area contributed by atoms with E-state index in [0.29, 0.717) is 17.9 Å². The van der Waals surface area contributed by atoms with Crippen LogP contribution in [0.1, 0.15) is 73.5 Å². The summed E-state index contributed by atoms with van der Waals surface area (Å²) in [6, 6.07) is 20.8. The van der Waals surface area contributed by atoms with Crippen molar-refractivity contribution in [3.8, 4) is 11.1 Å². The fraction of sp³-hybridized carbons (Fsp3) is 0.312. The Hall–Kier alpha value is -3.87. The smallest absolute Gasteiger partial charge is 0.416 e. The number of nitrogens with zero attached hydrogens (tertiary/aromatic N) is 1. The monoisotopic (exact) mass is 535 g/mol. The van der Waals surface area contributed by atoms with Crippen molar-refractivity contribution in [2.24, 2.45) is 5.92 Å². The Morgan fingerprint density at radius 1 is 0.846 bits per heavy atom. The molecule has 0 saturated heterocycles. The summed E-state index contributed by atoms with van der Waals surface area (Å²) in [6.45, 7) is 4.36. The van der Waals surface area contributed by atoms with Crippen molar-refractivity contribution in [2.45, 2.75) is 58.2 Å². The van der Waals surface area contributed by atoms with E-state index in [1.807, 2.05) is 54.7 Å². The van der Waals surface area contributed by atoms with Gasteiger partial charge in [0.25, 0.3) is 0 Å². The number of hydrogen-bond acceptors (Lipinski definition) is 2. The third-order valence-corrected chi connectivity index (χ3v) is 7.03. The number of aliphatic carboxylic acids is 1. The lowest BCUT2D eigenvalue weighted by Gasteiger charge is -2.22. The second-order valence-electron chi connectivity index (χ2n) is 10.4. The second kappa shape index (κ2) is 11.9.